The van der Waals surface area contributed by atoms with Crippen molar-refractivity contribution >= 4 is 6.08 Å². The number of aliphatic hydroxyl groups excluding tert-OH is 1. The lowest BCUT2D eigenvalue weighted by Gasteiger charge is -2.14. The van der Waals surface area contributed by atoms with E-state index in [1.54, 1.807) is 0 Å². The van der Waals surface area contributed by atoms with Gasteiger partial charge in [0.25, 0.3) is 0 Å². The van der Waals surface area contributed by atoms with Crippen LogP contribution in [-0.4, -0.2) is 11.7 Å². The molecule has 0 amide bonds. The van der Waals surface area contributed by atoms with Crippen LogP contribution in [0, 0.1) is 11.8 Å². The van der Waals surface area contributed by atoms with Crippen LogP contribution in [0.25, 0.3) is 6.08 Å². The average Bonchev–Trinajstić information content (AvgIpc) is 2.84. The zero-order valence-corrected chi connectivity index (χ0v) is 10.5. The zero-order valence-electron chi connectivity index (χ0n) is 10.5. The summed E-state index contributed by atoms with van der Waals surface area (Å²) in [5.74, 6) is 6.04. The van der Waals surface area contributed by atoms with E-state index < -0.39 is 0 Å². The van der Waals surface area contributed by atoms with Gasteiger partial charge in [0.05, 0.1) is 0 Å². The molecule has 2 aromatic rings. The Morgan fingerprint density at radius 2 is 1.68 bits per heavy atom. The summed E-state index contributed by atoms with van der Waals surface area (Å²) in [5, 5.41) is 8.90. The van der Waals surface area contributed by atoms with Gasteiger partial charge in [0.15, 0.2) is 0 Å². The van der Waals surface area contributed by atoms with Crippen molar-refractivity contribution in [3.63, 3.8) is 0 Å². The third-order valence-electron chi connectivity index (χ3n) is 3.37. The Morgan fingerprint density at radius 3 is 2.47 bits per heavy atom. The lowest BCUT2D eigenvalue weighted by atomic mass is 9.89. The van der Waals surface area contributed by atoms with E-state index in [9.17, 15) is 0 Å². The van der Waals surface area contributed by atoms with E-state index in [1.165, 1.54) is 16.7 Å². The number of fused-ring (bicyclic) bond motifs is 1. The standard InChI is InChI=1S/C18H14O/c19-12-6-10-16-13-15-9-4-5-11-17(15)18(16)14-7-2-1-3-8-14/h1-5,7-9,11,13,18-19H,12H2. The van der Waals surface area contributed by atoms with Crippen LogP contribution in [0.15, 0.2) is 60.2 Å². The van der Waals surface area contributed by atoms with Gasteiger partial charge in [-0.3, -0.25) is 0 Å². The fraction of sp³-hybridized carbons (Fsp3) is 0.111. The van der Waals surface area contributed by atoms with Crippen LogP contribution in [-0.2, 0) is 0 Å². The van der Waals surface area contributed by atoms with Gasteiger partial charge in [-0.1, -0.05) is 66.4 Å². The third kappa shape index (κ3) is 2.19. The normalized spacial score (nSPS) is 16.3. The molecule has 92 valence electrons. The Morgan fingerprint density at radius 1 is 0.947 bits per heavy atom. The van der Waals surface area contributed by atoms with Crippen LogP contribution in [0.5, 0.6) is 0 Å². The van der Waals surface area contributed by atoms with Crippen LogP contribution in [0.2, 0.25) is 0 Å². The molecule has 0 saturated carbocycles. The lowest BCUT2D eigenvalue weighted by Crippen LogP contribution is -2.00. The number of benzene rings is 2. The minimum absolute atomic E-state index is 0.102. The maximum atomic E-state index is 8.90. The molecule has 0 saturated heterocycles. The summed E-state index contributed by atoms with van der Waals surface area (Å²) in [4.78, 5) is 0. The number of rotatable bonds is 1. The summed E-state index contributed by atoms with van der Waals surface area (Å²) < 4.78 is 0. The summed E-state index contributed by atoms with van der Waals surface area (Å²) in [6, 6.07) is 18.7. The molecule has 0 aliphatic heterocycles. The molecule has 1 atom stereocenters. The molecule has 1 aliphatic carbocycles. The number of hydrogen-bond acceptors (Lipinski definition) is 1. The van der Waals surface area contributed by atoms with Gasteiger partial charge < -0.3 is 5.11 Å². The van der Waals surface area contributed by atoms with E-state index in [-0.39, 0.29) is 12.5 Å². The largest absolute Gasteiger partial charge is 0.384 e. The Hall–Kier alpha value is -2.30. The Labute approximate surface area is 113 Å². The van der Waals surface area contributed by atoms with Crippen molar-refractivity contribution in [3.8, 4) is 11.8 Å². The van der Waals surface area contributed by atoms with Crippen molar-refractivity contribution in [2.45, 2.75) is 5.92 Å². The molecule has 3 rings (SSSR count). The Kier molecular flexibility index (Phi) is 3.18. The Balaban J connectivity index is 2.11. The molecule has 2 aromatic carbocycles. The topological polar surface area (TPSA) is 20.2 Å². The molecule has 0 bridgehead atoms. The molecule has 0 aromatic heterocycles. The summed E-state index contributed by atoms with van der Waals surface area (Å²) in [5.41, 5.74) is 4.81. The van der Waals surface area contributed by atoms with Gasteiger partial charge in [-0.05, 0) is 22.8 Å². The predicted octanol–water partition coefficient (Wildman–Crippen LogP) is 3.21. The highest BCUT2D eigenvalue weighted by atomic mass is 16.2. The van der Waals surface area contributed by atoms with E-state index in [4.69, 9.17) is 5.11 Å². The molecule has 0 radical (unpaired) electrons. The lowest BCUT2D eigenvalue weighted by molar-refractivity contribution is 0.350. The van der Waals surface area contributed by atoms with E-state index in [0.29, 0.717) is 0 Å². The van der Waals surface area contributed by atoms with Gasteiger partial charge >= 0.3 is 0 Å². The van der Waals surface area contributed by atoms with Crippen molar-refractivity contribution in [2.24, 2.45) is 0 Å². The van der Waals surface area contributed by atoms with Crippen LogP contribution in [0.4, 0.5) is 0 Å². The van der Waals surface area contributed by atoms with Crippen LogP contribution < -0.4 is 0 Å². The molecule has 0 heterocycles. The summed E-state index contributed by atoms with van der Waals surface area (Å²) in [6.45, 7) is -0.102. The van der Waals surface area contributed by atoms with Crippen molar-refractivity contribution in [3.05, 3.63) is 76.9 Å². The molecule has 1 heteroatoms. The first-order chi connectivity index (χ1) is 9.40. The maximum absolute atomic E-state index is 8.90. The minimum Gasteiger partial charge on any atom is -0.384 e. The second-order valence-corrected chi connectivity index (χ2v) is 4.53. The summed E-state index contributed by atoms with van der Waals surface area (Å²) >= 11 is 0. The van der Waals surface area contributed by atoms with Crippen LogP contribution in [0.1, 0.15) is 22.6 Å². The minimum atomic E-state index is -0.102. The molecule has 0 spiro atoms. The SMILES string of the molecule is OCC#CC1=Cc2ccccc2C1c1ccccc1. The zero-order chi connectivity index (χ0) is 13.1. The molecular formula is C18H14O. The van der Waals surface area contributed by atoms with Crippen molar-refractivity contribution in [1.82, 2.24) is 0 Å². The number of aliphatic hydroxyl groups is 1. The quantitative estimate of drug-likeness (QED) is 0.766. The molecule has 1 aliphatic rings. The monoisotopic (exact) mass is 246 g/mol. The van der Waals surface area contributed by atoms with Gasteiger partial charge in [-0.25, -0.2) is 0 Å². The van der Waals surface area contributed by atoms with Gasteiger partial charge in [0.2, 0.25) is 0 Å². The van der Waals surface area contributed by atoms with Gasteiger partial charge in [0.1, 0.15) is 6.61 Å². The highest BCUT2D eigenvalue weighted by Gasteiger charge is 2.25. The van der Waals surface area contributed by atoms with E-state index >= 15 is 0 Å². The van der Waals surface area contributed by atoms with E-state index in [0.717, 1.165) is 5.57 Å². The molecular weight excluding hydrogens is 232 g/mol. The second-order valence-electron chi connectivity index (χ2n) is 4.53. The van der Waals surface area contributed by atoms with Gasteiger partial charge in [-0.2, -0.15) is 0 Å². The number of allylic oxidation sites excluding steroid dienone is 1. The maximum Gasteiger partial charge on any atom is 0.104 e. The van der Waals surface area contributed by atoms with Crippen LogP contribution in [0.3, 0.4) is 0 Å². The van der Waals surface area contributed by atoms with Crippen LogP contribution >= 0.6 is 0 Å². The molecule has 19 heavy (non-hydrogen) atoms. The van der Waals surface area contributed by atoms with Gasteiger partial charge in [0, 0.05) is 11.5 Å². The predicted molar refractivity (Wildman–Crippen MR) is 77.6 cm³/mol. The summed E-state index contributed by atoms with van der Waals surface area (Å²) in [7, 11) is 0. The molecule has 1 nitrogen and oxygen atoms in total. The first-order valence-corrected chi connectivity index (χ1v) is 6.35. The fourth-order valence-corrected chi connectivity index (χ4v) is 2.58. The smallest absolute Gasteiger partial charge is 0.104 e. The summed E-state index contributed by atoms with van der Waals surface area (Å²) in [6.07, 6.45) is 2.12. The first kappa shape index (κ1) is 11.8. The van der Waals surface area contributed by atoms with Crippen molar-refractivity contribution in [2.75, 3.05) is 6.61 Å². The molecule has 0 fully saturated rings. The van der Waals surface area contributed by atoms with Crippen molar-refractivity contribution in [1.29, 1.82) is 0 Å². The average molecular weight is 246 g/mol. The number of hydrogen-bond donors (Lipinski definition) is 1. The highest BCUT2D eigenvalue weighted by Crippen LogP contribution is 2.40. The fourth-order valence-electron chi connectivity index (χ4n) is 2.58. The van der Waals surface area contributed by atoms with Gasteiger partial charge in [-0.15, -0.1) is 0 Å². The molecule has 1 unspecified atom stereocenters. The van der Waals surface area contributed by atoms with E-state index in [1.807, 2.05) is 24.3 Å². The molecule has 1 N–H and O–H groups in total. The third-order valence-corrected chi connectivity index (χ3v) is 3.37. The Bertz CT molecular complexity index is 672. The van der Waals surface area contributed by atoms with E-state index in [2.05, 4.69) is 48.2 Å². The second kappa shape index (κ2) is 5.14. The highest BCUT2D eigenvalue weighted by molar-refractivity contribution is 5.73. The van der Waals surface area contributed by atoms with Crippen molar-refractivity contribution < 1.29 is 5.11 Å². The first-order valence-electron chi connectivity index (χ1n) is 6.35.